The van der Waals surface area contributed by atoms with Gasteiger partial charge in [-0.1, -0.05) is 39.0 Å². The van der Waals surface area contributed by atoms with Gasteiger partial charge in [-0.05, 0) is 55.6 Å². The highest BCUT2D eigenvalue weighted by atomic mass is 28.4. The number of benzene rings is 1. The molecule has 0 aliphatic heterocycles. The molecule has 1 aromatic rings. The summed E-state index contributed by atoms with van der Waals surface area (Å²) in [6.07, 6.45) is 3.93. The highest BCUT2D eigenvalue weighted by Crippen LogP contribution is 2.40. The van der Waals surface area contributed by atoms with Gasteiger partial charge in [-0.25, -0.2) is 0 Å². The Morgan fingerprint density at radius 1 is 1.15 bits per heavy atom. The molecule has 26 heavy (non-hydrogen) atoms. The van der Waals surface area contributed by atoms with Crippen molar-refractivity contribution in [2.24, 2.45) is 0 Å². The van der Waals surface area contributed by atoms with Crippen molar-refractivity contribution < 1.29 is 19.1 Å². The van der Waals surface area contributed by atoms with E-state index in [9.17, 15) is 9.90 Å². The summed E-state index contributed by atoms with van der Waals surface area (Å²) in [5.41, 5.74) is -1.08. The molecule has 0 heterocycles. The molecule has 1 aromatic carbocycles. The first-order chi connectivity index (χ1) is 12.0. The highest BCUT2D eigenvalue weighted by molar-refractivity contribution is 6.74. The molecule has 0 aromatic heterocycles. The van der Waals surface area contributed by atoms with Crippen LogP contribution in [-0.4, -0.2) is 31.4 Å². The van der Waals surface area contributed by atoms with Crippen molar-refractivity contribution in [3.05, 3.63) is 42.2 Å². The van der Waals surface area contributed by atoms with Crippen molar-refractivity contribution in [3.63, 3.8) is 0 Å². The van der Waals surface area contributed by atoms with E-state index in [0.29, 0.717) is 18.8 Å². The van der Waals surface area contributed by atoms with Crippen LogP contribution in [0.15, 0.2) is 42.2 Å². The number of para-hydroxylation sites is 1. The summed E-state index contributed by atoms with van der Waals surface area (Å²) in [6, 6.07) is 9.69. The molecule has 1 aliphatic carbocycles. The van der Waals surface area contributed by atoms with E-state index in [1.165, 1.54) is 0 Å². The minimum atomic E-state index is -2.08. The number of unbranched alkanes of at least 4 members (excludes halogenated alkanes) is 1. The fourth-order valence-corrected chi connectivity index (χ4v) is 3.68. The Balaban J connectivity index is 1.83. The lowest BCUT2D eigenvalue weighted by Gasteiger charge is -2.36. The van der Waals surface area contributed by atoms with Crippen LogP contribution >= 0.6 is 0 Å². The molecule has 0 fully saturated rings. The number of ketones is 1. The van der Waals surface area contributed by atoms with Crippen LogP contribution in [0, 0.1) is 0 Å². The van der Waals surface area contributed by atoms with Crippen LogP contribution in [0.3, 0.4) is 0 Å². The average molecular weight is 377 g/mol. The standard InChI is InChI=1S/C21H32O4Si/c1-20(2,3)26(4,5)25-19-16-21(23,15-18(19)22)13-9-10-14-24-17-11-7-6-8-12-17/h6-8,11-12,16,23H,9-10,13-15H2,1-5H3. The van der Waals surface area contributed by atoms with Crippen molar-refractivity contribution in [3.8, 4) is 5.75 Å². The van der Waals surface area contributed by atoms with Gasteiger partial charge in [0, 0.05) is 6.42 Å². The predicted octanol–water partition coefficient (Wildman–Crippen LogP) is 4.85. The monoisotopic (exact) mass is 376 g/mol. The smallest absolute Gasteiger partial charge is 0.250 e. The Hall–Kier alpha value is -1.59. The normalized spacial score (nSPS) is 20.8. The van der Waals surface area contributed by atoms with Gasteiger partial charge < -0.3 is 14.3 Å². The Labute approximate surface area is 158 Å². The second-order valence-corrected chi connectivity index (χ2v) is 13.4. The van der Waals surface area contributed by atoms with Crippen molar-refractivity contribution >= 4 is 14.1 Å². The van der Waals surface area contributed by atoms with E-state index in [1.807, 2.05) is 30.3 Å². The van der Waals surface area contributed by atoms with E-state index in [2.05, 4.69) is 33.9 Å². The van der Waals surface area contributed by atoms with Crippen LogP contribution in [-0.2, 0) is 9.22 Å². The molecular weight excluding hydrogens is 344 g/mol. The topological polar surface area (TPSA) is 55.8 Å². The lowest BCUT2D eigenvalue weighted by Crippen LogP contribution is -2.41. The van der Waals surface area contributed by atoms with Crippen molar-refractivity contribution in [1.29, 1.82) is 0 Å². The van der Waals surface area contributed by atoms with Gasteiger partial charge in [0.05, 0.1) is 12.2 Å². The third-order valence-electron chi connectivity index (χ3n) is 5.33. The molecule has 1 N–H and O–H groups in total. The second kappa shape index (κ2) is 7.97. The highest BCUT2D eigenvalue weighted by Gasteiger charge is 2.44. The third-order valence-corrected chi connectivity index (χ3v) is 9.67. The molecule has 2 rings (SSSR count). The number of allylic oxidation sites excluding steroid dienone is 1. The number of hydrogen-bond acceptors (Lipinski definition) is 4. The number of aliphatic hydroxyl groups is 1. The summed E-state index contributed by atoms with van der Waals surface area (Å²) in [5, 5.41) is 10.8. The van der Waals surface area contributed by atoms with Crippen LogP contribution in [0.2, 0.25) is 18.1 Å². The molecule has 5 heteroatoms. The first kappa shape index (κ1) is 20.7. The molecule has 1 aliphatic rings. The summed E-state index contributed by atoms with van der Waals surface area (Å²) < 4.78 is 11.8. The van der Waals surface area contributed by atoms with Crippen LogP contribution in [0.5, 0.6) is 5.75 Å². The maximum Gasteiger partial charge on any atom is 0.250 e. The van der Waals surface area contributed by atoms with Crippen LogP contribution in [0.1, 0.15) is 46.5 Å². The van der Waals surface area contributed by atoms with Crippen LogP contribution in [0.4, 0.5) is 0 Å². The van der Waals surface area contributed by atoms with Crippen molar-refractivity contribution in [2.75, 3.05) is 6.61 Å². The zero-order valence-corrected chi connectivity index (χ0v) is 17.7. The minimum absolute atomic E-state index is 0.0175. The molecule has 0 bridgehead atoms. The van der Waals surface area contributed by atoms with E-state index in [-0.39, 0.29) is 17.2 Å². The van der Waals surface area contributed by atoms with Gasteiger partial charge in [0.1, 0.15) is 11.5 Å². The van der Waals surface area contributed by atoms with E-state index in [1.54, 1.807) is 6.08 Å². The summed E-state index contributed by atoms with van der Waals surface area (Å²) in [7, 11) is -2.08. The lowest BCUT2D eigenvalue weighted by molar-refractivity contribution is -0.119. The number of carbonyl (C=O) groups excluding carboxylic acids is 1. The van der Waals surface area contributed by atoms with Gasteiger partial charge in [-0.2, -0.15) is 0 Å². The van der Waals surface area contributed by atoms with Gasteiger partial charge in [-0.15, -0.1) is 0 Å². The maximum atomic E-state index is 12.3. The summed E-state index contributed by atoms with van der Waals surface area (Å²) in [6.45, 7) is 11.2. The molecular formula is C21H32O4Si. The van der Waals surface area contributed by atoms with E-state index in [4.69, 9.17) is 9.16 Å². The minimum Gasteiger partial charge on any atom is -0.541 e. The van der Waals surface area contributed by atoms with E-state index >= 15 is 0 Å². The van der Waals surface area contributed by atoms with Gasteiger partial charge in [0.2, 0.25) is 0 Å². The fraction of sp³-hybridized carbons (Fsp3) is 0.571. The van der Waals surface area contributed by atoms with Crippen LogP contribution < -0.4 is 4.74 Å². The zero-order chi connectivity index (χ0) is 19.4. The van der Waals surface area contributed by atoms with Gasteiger partial charge in [-0.3, -0.25) is 4.79 Å². The first-order valence-corrected chi connectivity index (χ1v) is 12.3. The Morgan fingerprint density at radius 2 is 1.81 bits per heavy atom. The molecule has 1 unspecified atom stereocenters. The second-order valence-electron chi connectivity index (χ2n) is 8.69. The number of ether oxygens (including phenoxy) is 1. The number of hydrogen-bond donors (Lipinski definition) is 1. The predicted molar refractivity (Wildman–Crippen MR) is 107 cm³/mol. The first-order valence-electron chi connectivity index (χ1n) is 9.38. The fourth-order valence-electron chi connectivity index (χ4n) is 2.66. The summed E-state index contributed by atoms with van der Waals surface area (Å²) >= 11 is 0. The Kier molecular flexibility index (Phi) is 6.35. The lowest BCUT2D eigenvalue weighted by atomic mass is 9.96. The molecule has 0 amide bonds. The molecule has 144 valence electrons. The number of Topliss-reactive ketones (excluding diaryl/α,β-unsaturated/α-hetero) is 1. The largest absolute Gasteiger partial charge is 0.541 e. The molecule has 4 nitrogen and oxygen atoms in total. The van der Waals surface area contributed by atoms with Crippen molar-refractivity contribution in [1.82, 2.24) is 0 Å². The molecule has 0 saturated carbocycles. The quantitative estimate of drug-likeness (QED) is 0.521. The number of carbonyl (C=O) groups is 1. The SMILES string of the molecule is CC(C)(C)[Si](C)(C)OC1=CC(O)(CCCCOc2ccccc2)CC1=O. The van der Waals surface area contributed by atoms with Crippen molar-refractivity contribution in [2.45, 2.75) is 70.2 Å². The molecule has 0 spiro atoms. The van der Waals surface area contributed by atoms with Gasteiger partial charge in [0.25, 0.3) is 8.32 Å². The number of rotatable bonds is 8. The summed E-state index contributed by atoms with van der Waals surface area (Å²) in [4.78, 5) is 12.3. The van der Waals surface area contributed by atoms with Gasteiger partial charge in [0.15, 0.2) is 5.78 Å². The zero-order valence-electron chi connectivity index (χ0n) is 16.7. The Morgan fingerprint density at radius 3 is 2.42 bits per heavy atom. The summed E-state index contributed by atoms with van der Waals surface area (Å²) in [5.74, 6) is 1.13. The Bertz CT molecular complexity index is 646. The maximum absolute atomic E-state index is 12.3. The molecule has 0 saturated heterocycles. The van der Waals surface area contributed by atoms with E-state index < -0.39 is 13.9 Å². The molecule has 0 radical (unpaired) electrons. The molecule has 1 atom stereocenters. The van der Waals surface area contributed by atoms with Crippen LogP contribution in [0.25, 0.3) is 0 Å². The van der Waals surface area contributed by atoms with Gasteiger partial charge >= 0.3 is 0 Å². The van der Waals surface area contributed by atoms with E-state index in [0.717, 1.165) is 18.6 Å². The average Bonchev–Trinajstić information content (AvgIpc) is 2.80. The third kappa shape index (κ3) is 5.45.